The molecule has 10 heteroatoms. The number of para-hydroxylation sites is 1. The second-order valence-corrected chi connectivity index (χ2v) is 7.16. The highest BCUT2D eigenvalue weighted by atomic mass is 19.1. The lowest BCUT2D eigenvalue weighted by atomic mass is 10.1. The van der Waals surface area contributed by atoms with Gasteiger partial charge in [-0.3, -0.25) is 9.59 Å². The third-order valence-electron chi connectivity index (χ3n) is 4.99. The predicted octanol–water partition coefficient (Wildman–Crippen LogP) is 0.789. The van der Waals surface area contributed by atoms with E-state index in [-0.39, 0.29) is 49.9 Å². The zero-order chi connectivity index (χ0) is 23.8. The van der Waals surface area contributed by atoms with E-state index in [0.29, 0.717) is 16.8 Å². The molecule has 0 aliphatic rings. The van der Waals surface area contributed by atoms with Crippen LogP contribution in [-0.2, 0) is 13.2 Å². The van der Waals surface area contributed by atoms with E-state index < -0.39 is 23.9 Å². The molecular weight excluding hydrogens is 431 g/mol. The van der Waals surface area contributed by atoms with Gasteiger partial charge in [0.1, 0.15) is 17.3 Å². The molecule has 0 aliphatic carbocycles. The van der Waals surface area contributed by atoms with Gasteiger partial charge in [0.2, 0.25) is 0 Å². The van der Waals surface area contributed by atoms with E-state index in [9.17, 15) is 29.3 Å². The second kappa shape index (κ2) is 11.3. The minimum Gasteiger partial charge on any atom is -0.395 e. The Kier molecular flexibility index (Phi) is 8.25. The number of aromatic amines is 1. The Labute approximate surface area is 189 Å². The first-order valence-corrected chi connectivity index (χ1v) is 10.3. The van der Waals surface area contributed by atoms with E-state index in [1.165, 1.54) is 24.3 Å². The maximum Gasteiger partial charge on any atom is 0.270 e. The summed E-state index contributed by atoms with van der Waals surface area (Å²) in [6.07, 6.45) is 0. The third kappa shape index (κ3) is 5.80. The van der Waals surface area contributed by atoms with E-state index in [1.54, 1.807) is 29.2 Å². The number of carbonyl (C=O) groups is 1. The normalized spacial score (nSPS) is 10.8. The molecule has 0 radical (unpaired) electrons. The standard InChI is InChI=1S/C23H25FN4O5/c24-16-7-5-15(6-8-16)13-25-23(33)20-18(14-31)22(32)27-21(26-20)17-3-1-2-4-19(17)28(9-11-29)10-12-30/h1-8,29-31H,9-14H2,(H,25,33)(H,26,27,32). The Morgan fingerprint density at radius 3 is 2.33 bits per heavy atom. The van der Waals surface area contributed by atoms with Crippen molar-refractivity contribution in [2.45, 2.75) is 13.2 Å². The number of carbonyl (C=O) groups excluding carboxylic acids is 1. The number of aromatic nitrogens is 2. The maximum absolute atomic E-state index is 13.1. The minimum atomic E-state index is -0.690. The minimum absolute atomic E-state index is 0.0746. The fourth-order valence-electron chi connectivity index (χ4n) is 3.37. The number of benzene rings is 2. The average molecular weight is 456 g/mol. The van der Waals surface area contributed by atoms with Gasteiger partial charge >= 0.3 is 0 Å². The van der Waals surface area contributed by atoms with Crippen molar-refractivity contribution in [1.82, 2.24) is 15.3 Å². The van der Waals surface area contributed by atoms with Crippen molar-refractivity contribution in [2.24, 2.45) is 0 Å². The summed E-state index contributed by atoms with van der Waals surface area (Å²) in [5.41, 5.74) is 0.639. The van der Waals surface area contributed by atoms with Crippen molar-refractivity contribution in [2.75, 3.05) is 31.2 Å². The molecule has 5 N–H and O–H groups in total. The van der Waals surface area contributed by atoms with Crippen molar-refractivity contribution >= 4 is 11.6 Å². The van der Waals surface area contributed by atoms with Crippen molar-refractivity contribution in [3.8, 4) is 11.4 Å². The summed E-state index contributed by atoms with van der Waals surface area (Å²) >= 11 is 0. The Morgan fingerprint density at radius 1 is 1.03 bits per heavy atom. The summed E-state index contributed by atoms with van der Waals surface area (Å²) in [5, 5.41) is 31.1. The molecule has 3 rings (SSSR count). The van der Waals surface area contributed by atoms with Crippen LogP contribution in [0, 0.1) is 5.82 Å². The summed E-state index contributed by atoms with van der Waals surface area (Å²) < 4.78 is 13.1. The fraction of sp³-hybridized carbons (Fsp3) is 0.261. The van der Waals surface area contributed by atoms with E-state index in [0.717, 1.165) is 0 Å². The number of hydrogen-bond donors (Lipinski definition) is 5. The molecule has 0 spiro atoms. The summed E-state index contributed by atoms with van der Waals surface area (Å²) in [4.78, 5) is 34.1. The topological polar surface area (TPSA) is 139 Å². The van der Waals surface area contributed by atoms with Crippen LogP contribution in [0.1, 0.15) is 21.6 Å². The van der Waals surface area contributed by atoms with Gasteiger partial charge in [0, 0.05) is 30.9 Å². The summed E-state index contributed by atoms with van der Waals surface area (Å²) in [6.45, 7) is -0.448. The molecule has 3 aromatic rings. The van der Waals surface area contributed by atoms with Gasteiger partial charge in [0.15, 0.2) is 0 Å². The SMILES string of the molecule is O=C(NCc1ccc(F)cc1)c1nc(-c2ccccc2N(CCO)CCO)[nH]c(=O)c1CO. The lowest BCUT2D eigenvalue weighted by Crippen LogP contribution is -2.31. The highest BCUT2D eigenvalue weighted by molar-refractivity contribution is 5.94. The van der Waals surface area contributed by atoms with E-state index in [4.69, 9.17) is 0 Å². The number of rotatable bonds is 10. The smallest absolute Gasteiger partial charge is 0.270 e. The first-order valence-electron chi connectivity index (χ1n) is 10.3. The molecule has 174 valence electrons. The maximum atomic E-state index is 13.1. The van der Waals surface area contributed by atoms with Crippen LogP contribution in [0.4, 0.5) is 10.1 Å². The molecule has 33 heavy (non-hydrogen) atoms. The molecular formula is C23H25FN4O5. The van der Waals surface area contributed by atoms with Crippen LogP contribution < -0.4 is 15.8 Å². The predicted molar refractivity (Wildman–Crippen MR) is 120 cm³/mol. The highest BCUT2D eigenvalue weighted by Gasteiger charge is 2.20. The molecule has 0 atom stereocenters. The van der Waals surface area contributed by atoms with Crippen molar-refractivity contribution < 1.29 is 24.5 Å². The van der Waals surface area contributed by atoms with Gasteiger partial charge in [-0.25, -0.2) is 9.37 Å². The number of hydrogen-bond acceptors (Lipinski definition) is 7. The van der Waals surface area contributed by atoms with Crippen LogP contribution in [0.2, 0.25) is 0 Å². The number of halogens is 1. The monoisotopic (exact) mass is 456 g/mol. The lowest BCUT2D eigenvalue weighted by Gasteiger charge is -2.25. The Hall–Kier alpha value is -3.60. The van der Waals surface area contributed by atoms with Crippen LogP contribution in [0.3, 0.4) is 0 Å². The number of aliphatic hydroxyl groups excluding tert-OH is 3. The van der Waals surface area contributed by atoms with Crippen LogP contribution in [0.5, 0.6) is 0 Å². The first kappa shape index (κ1) is 24.1. The number of nitrogens with one attached hydrogen (secondary N) is 2. The van der Waals surface area contributed by atoms with Crippen LogP contribution in [0.15, 0.2) is 53.3 Å². The van der Waals surface area contributed by atoms with E-state index >= 15 is 0 Å². The Balaban J connectivity index is 1.98. The second-order valence-electron chi connectivity index (χ2n) is 7.16. The molecule has 0 bridgehead atoms. The van der Waals surface area contributed by atoms with Gasteiger partial charge in [0.25, 0.3) is 11.5 Å². The van der Waals surface area contributed by atoms with Gasteiger partial charge in [-0.05, 0) is 29.8 Å². The zero-order valence-corrected chi connectivity index (χ0v) is 17.8. The molecule has 0 fully saturated rings. The van der Waals surface area contributed by atoms with Crippen molar-refractivity contribution in [3.05, 3.63) is 81.5 Å². The van der Waals surface area contributed by atoms with Crippen molar-refractivity contribution in [3.63, 3.8) is 0 Å². The number of amides is 1. The van der Waals surface area contributed by atoms with Gasteiger partial charge in [-0.15, -0.1) is 0 Å². The van der Waals surface area contributed by atoms with Crippen LogP contribution >= 0.6 is 0 Å². The molecule has 1 amide bonds. The fourth-order valence-corrected chi connectivity index (χ4v) is 3.37. The zero-order valence-electron chi connectivity index (χ0n) is 17.8. The van der Waals surface area contributed by atoms with Crippen LogP contribution in [0.25, 0.3) is 11.4 Å². The largest absolute Gasteiger partial charge is 0.395 e. The number of aliphatic hydroxyl groups is 3. The number of anilines is 1. The Bertz CT molecular complexity index is 1140. The van der Waals surface area contributed by atoms with E-state index in [2.05, 4.69) is 15.3 Å². The summed E-state index contributed by atoms with van der Waals surface area (Å²) in [6, 6.07) is 12.5. The molecule has 1 aromatic heterocycles. The van der Waals surface area contributed by atoms with Crippen molar-refractivity contribution in [1.29, 1.82) is 0 Å². The van der Waals surface area contributed by atoms with Crippen LogP contribution in [-0.4, -0.2) is 57.5 Å². The third-order valence-corrected chi connectivity index (χ3v) is 4.99. The summed E-state index contributed by atoms with van der Waals surface area (Å²) in [5.74, 6) is -0.972. The molecule has 0 aliphatic heterocycles. The molecule has 0 saturated carbocycles. The number of nitrogens with zero attached hydrogens (tertiary/aromatic N) is 2. The van der Waals surface area contributed by atoms with Gasteiger partial charge in [-0.2, -0.15) is 0 Å². The molecule has 2 aromatic carbocycles. The number of H-pyrrole nitrogens is 1. The Morgan fingerprint density at radius 2 is 1.70 bits per heavy atom. The highest BCUT2D eigenvalue weighted by Crippen LogP contribution is 2.28. The van der Waals surface area contributed by atoms with E-state index in [1.807, 2.05) is 0 Å². The quantitative estimate of drug-likeness (QED) is 0.304. The molecule has 9 nitrogen and oxygen atoms in total. The molecule has 1 heterocycles. The molecule has 0 saturated heterocycles. The summed E-state index contributed by atoms with van der Waals surface area (Å²) in [7, 11) is 0. The lowest BCUT2D eigenvalue weighted by molar-refractivity contribution is 0.0942. The average Bonchev–Trinajstić information content (AvgIpc) is 2.83. The van der Waals surface area contributed by atoms with Gasteiger partial charge < -0.3 is 30.5 Å². The van der Waals surface area contributed by atoms with Gasteiger partial charge in [-0.1, -0.05) is 24.3 Å². The van der Waals surface area contributed by atoms with Gasteiger partial charge in [0.05, 0.1) is 25.4 Å². The first-order chi connectivity index (χ1) is 16.0. The molecule has 0 unspecified atom stereocenters.